The number of alkyl carbamates (subject to hydrolysis) is 1. The number of hydrogen-bond donors (Lipinski definition) is 3. The lowest BCUT2D eigenvalue weighted by Gasteiger charge is -2.72. The summed E-state index contributed by atoms with van der Waals surface area (Å²) < 4.78 is 11.5. The molecule has 0 spiro atoms. The maximum Gasteiger partial charge on any atom is 0.407 e. The average molecular weight is 741 g/mol. The van der Waals surface area contributed by atoms with Gasteiger partial charge in [-0.2, -0.15) is 0 Å². The third-order valence-electron chi connectivity index (χ3n) is 15.3. The minimum Gasteiger partial charge on any atom is -0.481 e. The van der Waals surface area contributed by atoms with Gasteiger partial charge in [-0.25, -0.2) is 4.79 Å². The number of nitrogens with one attached hydrogen (secondary N) is 2. The van der Waals surface area contributed by atoms with Gasteiger partial charge in [0.2, 0.25) is 5.91 Å². The molecule has 5 rings (SSSR count). The Balaban J connectivity index is 1.38. The Kier molecular flexibility index (Phi) is 10.7. The number of hydrogen-bond acceptors (Lipinski definition) is 7. The van der Waals surface area contributed by atoms with Gasteiger partial charge < -0.3 is 25.2 Å². The van der Waals surface area contributed by atoms with Crippen LogP contribution in [-0.4, -0.2) is 59.6 Å². The van der Waals surface area contributed by atoms with Crippen LogP contribution in [0.25, 0.3) is 0 Å². The molecule has 5 aliphatic rings. The number of carboxylic acid groups (broad SMARTS) is 1. The zero-order valence-corrected chi connectivity index (χ0v) is 34.7. The number of carbonyl (C=O) groups excluding carboxylic acids is 4. The monoisotopic (exact) mass is 740 g/mol. The standard InChI is InChI=1S/C43H68N2O8/c1-25(2)32-27(46)23-43(34(48)44-21-22-45-36(51)53-37(3,4)5)20-19-41(11)26(33(32)43)13-14-29-40(10)17-16-30(52-31(47)24-38(6,7)35(49)50)39(8,9)28(40)15-18-42(29,41)12/h25-26,28-30H,13-24H2,1-12H3,(H,44,48)(H,45,51)(H,49,50)/t26-,28+,29-,30+,40+,41-,42-,43-/m1/s1. The number of aliphatic carboxylic acids is 1. The highest BCUT2D eigenvalue weighted by atomic mass is 16.6. The van der Waals surface area contributed by atoms with Crippen molar-refractivity contribution < 1.29 is 38.6 Å². The van der Waals surface area contributed by atoms with Gasteiger partial charge in [0, 0.05) is 24.9 Å². The number of rotatable bonds is 9. The van der Waals surface area contributed by atoms with E-state index in [2.05, 4.69) is 59.1 Å². The molecule has 0 aromatic rings. The summed E-state index contributed by atoms with van der Waals surface area (Å²) in [6, 6.07) is 0. The minimum absolute atomic E-state index is 0.0154. The number of fused-ring (bicyclic) bond motifs is 7. The molecule has 0 bridgehead atoms. The fraction of sp³-hybridized carbons (Fsp3) is 0.837. The Morgan fingerprint density at radius 3 is 2.08 bits per heavy atom. The molecular formula is C43H68N2O8. The van der Waals surface area contributed by atoms with Gasteiger partial charge in [-0.3, -0.25) is 19.2 Å². The molecule has 0 aliphatic heterocycles. The molecule has 3 N–H and O–H groups in total. The van der Waals surface area contributed by atoms with E-state index in [1.807, 2.05) is 0 Å². The van der Waals surface area contributed by atoms with Crippen LogP contribution in [0.5, 0.6) is 0 Å². The summed E-state index contributed by atoms with van der Waals surface area (Å²) in [5, 5.41) is 15.4. The number of ether oxygens (including phenoxy) is 2. The zero-order valence-electron chi connectivity index (χ0n) is 34.7. The number of carboxylic acids is 1. The van der Waals surface area contributed by atoms with Gasteiger partial charge in [0.1, 0.15) is 11.7 Å². The van der Waals surface area contributed by atoms with Crippen LogP contribution in [0.1, 0.15) is 147 Å². The number of carbonyl (C=O) groups is 5. The van der Waals surface area contributed by atoms with E-state index in [-0.39, 0.29) is 77.2 Å². The molecule has 0 aromatic heterocycles. The molecule has 8 atom stereocenters. The van der Waals surface area contributed by atoms with Crippen LogP contribution in [0.4, 0.5) is 4.79 Å². The fourth-order valence-electron chi connectivity index (χ4n) is 12.5. The molecule has 5 aliphatic carbocycles. The first-order valence-corrected chi connectivity index (χ1v) is 20.2. The molecule has 4 saturated carbocycles. The Labute approximate surface area is 317 Å². The Bertz CT molecular complexity index is 1550. The van der Waals surface area contributed by atoms with Crippen LogP contribution in [0.3, 0.4) is 0 Å². The van der Waals surface area contributed by atoms with Gasteiger partial charge in [0.05, 0.1) is 17.3 Å². The molecule has 4 fully saturated rings. The highest BCUT2D eigenvalue weighted by molar-refractivity contribution is 6.07. The van der Waals surface area contributed by atoms with E-state index in [1.165, 1.54) is 0 Å². The molecule has 0 unspecified atom stereocenters. The maximum absolute atomic E-state index is 14.4. The van der Waals surface area contributed by atoms with Crippen LogP contribution in [-0.2, 0) is 28.7 Å². The average Bonchev–Trinajstić information content (AvgIpc) is 3.33. The summed E-state index contributed by atoms with van der Waals surface area (Å²) in [6.45, 7) is 25.1. The summed E-state index contributed by atoms with van der Waals surface area (Å²) in [7, 11) is 0. The SMILES string of the molecule is CC(C)C1=C2[C@H]3CC[C@@H]4[C@@]5(C)CC[C@H](OC(=O)CC(C)(C)C(=O)O)C(C)(C)[C@@H]5CC[C@@]4(C)[C@]3(C)CC[C@@]2(C(=O)NCCNC(=O)OC(C)(C)C)CC1=O. The largest absolute Gasteiger partial charge is 0.481 e. The second kappa shape index (κ2) is 13.7. The predicted molar refractivity (Wildman–Crippen MR) is 203 cm³/mol. The van der Waals surface area contributed by atoms with Crippen LogP contribution in [0.15, 0.2) is 11.1 Å². The lowest BCUT2D eigenvalue weighted by molar-refractivity contribution is -0.233. The molecule has 2 amide bonds. The summed E-state index contributed by atoms with van der Waals surface area (Å²) in [6.07, 6.45) is 6.39. The van der Waals surface area contributed by atoms with Gasteiger partial charge in [-0.15, -0.1) is 0 Å². The van der Waals surface area contributed by atoms with Gasteiger partial charge >= 0.3 is 18.0 Å². The summed E-state index contributed by atoms with van der Waals surface area (Å²) >= 11 is 0. The van der Waals surface area contributed by atoms with Gasteiger partial charge in [0.15, 0.2) is 5.78 Å². The number of allylic oxidation sites excluding steroid dienone is 1. The van der Waals surface area contributed by atoms with Crippen molar-refractivity contribution in [2.45, 2.75) is 159 Å². The van der Waals surface area contributed by atoms with Crippen molar-refractivity contribution in [2.24, 2.45) is 56.2 Å². The second-order valence-corrected chi connectivity index (χ2v) is 20.7. The van der Waals surface area contributed by atoms with E-state index in [9.17, 15) is 29.1 Å². The van der Waals surface area contributed by atoms with Crippen molar-refractivity contribution in [3.8, 4) is 0 Å². The fourth-order valence-corrected chi connectivity index (χ4v) is 12.5. The molecule has 0 heterocycles. The molecular weight excluding hydrogens is 672 g/mol. The Morgan fingerprint density at radius 1 is 0.830 bits per heavy atom. The summed E-state index contributed by atoms with van der Waals surface area (Å²) in [5.41, 5.74) is -1.10. The quantitative estimate of drug-likeness (QED) is 0.159. The van der Waals surface area contributed by atoms with Crippen molar-refractivity contribution >= 4 is 29.7 Å². The van der Waals surface area contributed by atoms with Crippen molar-refractivity contribution in [1.82, 2.24) is 10.6 Å². The number of esters is 1. The van der Waals surface area contributed by atoms with E-state index >= 15 is 0 Å². The van der Waals surface area contributed by atoms with Crippen molar-refractivity contribution in [2.75, 3.05) is 13.1 Å². The molecule has 0 saturated heterocycles. The van der Waals surface area contributed by atoms with Crippen molar-refractivity contribution in [3.63, 3.8) is 0 Å². The van der Waals surface area contributed by atoms with Crippen LogP contribution < -0.4 is 10.6 Å². The molecule has 10 nitrogen and oxygen atoms in total. The lowest BCUT2D eigenvalue weighted by Crippen LogP contribution is -2.66. The third kappa shape index (κ3) is 6.85. The minimum atomic E-state index is -1.18. The summed E-state index contributed by atoms with van der Waals surface area (Å²) in [4.78, 5) is 65.3. The zero-order chi connectivity index (χ0) is 39.7. The third-order valence-corrected chi connectivity index (χ3v) is 15.3. The van der Waals surface area contributed by atoms with E-state index in [4.69, 9.17) is 9.47 Å². The maximum atomic E-state index is 14.4. The van der Waals surface area contributed by atoms with Crippen molar-refractivity contribution in [1.29, 1.82) is 0 Å². The van der Waals surface area contributed by atoms with Gasteiger partial charge in [0.25, 0.3) is 0 Å². The highest BCUT2D eigenvalue weighted by Gasteiger charge is 2.71. The van der Waals surface area contributed by atoms with Crippen LogP contribution in [0.2, 0.25) is 0 Å². The molecule has 298 valence electrons. The molecule has 10 heteroatoms. The highest BCUT2D eigenvalue weighted by Crippen LogP contribution is 2.76. The number of amides is 2. The van der Waals surface area contributed by atoms with Crippen LogP contribution >= 0.6 is 0 Å². The van der Waals surface area contributed by atoms with E-state index in [1.54, 1.807) is 34.6 Å². The van der Waals surface area contributed by atoms with Crippen molar-refractivity contribution in [3.05, 3.63) is 11.1 Å². The first-order valence-electron chi connectivity index (χ1n) is 20.2. The van der Waals surface area contributed by atoms with Gasteiger partial charge in [-0.1, -0.05) is 48.5 Å². The Hall–Kier alpha value is -2.91. The molecule has 53 heavy (non-hydrogen) atoms. The van der Waals surface area contributed by atoms with Gasteiger partial charge in [-0.05, 0) is 137 Å². The predicted octanol–water partition coefficient (Wildman–Crippen LogP) is 8.02. The number of Topliss-reactive ketones (excluding diaryl/α,β-unsaturated/α-hetero) is 1. The normalized spacial score (nSPS) is 36.4. The Morgan fingerprint density at radius 2 is 1.47 bits per heavy atom. The summed E-state index contributed by atoms with van der Waals surface area (Å²) in [5.74, 6) is -0.559. The second-order valence-electron chi connectivity index (χ2n) is 20.7. The van der Waals surface area contributed by atoms with Crippen LogP contribution in [0, 0.1) is 56.2 Å². The first kappa shape index (κ1) is 41.3. The smallest absolute Gasteiger partial charge is 0.407 e. The number of ketones is 1. The topological polar surface area (TPSA) is 148 Å². The van der Waals surface area contributed by atoms with E-state index in [0.29, 0.717) is 18.3 Å². The van der Waals surface area contributed by atoms with E-state index < -0.39 is 34.5 Å². The first-order chi connectivity index (χ1) is 24.3. The molecule has 0 radical (unpaired) electrons. The lowest BCUT2D eigenvalue weighted by atomic mass is 9.33. The van der Waals surface area contributed by atoms with E-state index in [0.717, 1.165) is 56.1 Å². The molecule has 0 aromatic carbocycles.